The molecule has 0 saturated carbocycles. The Bertz CT molecular complexity index is 649. The van der Waals surface area contributed by atoms with Crippen molar-refractivity contribution in [3.05, 3.63) is 21.6 Å². The topological polar surface area (TPSA) is 89.5 Å². The molecule has 0 aromatic carbocycles. The third-order valence-corrected chi connectivity index (χ3v) is 5.11. The van der Waals surface area contributed by atoms with E-state index in [9.17, 15) is 4.55 Å². The Balaban J connectivity index is 1.76. The lowest BCUT2D eigenvalue weighted by atomic mass is 10.5. The van der Waals surface area contributed by atoms with Crippen molar-refractivity contribution < 1.29 is 9.29 Å². The van der Waals surface area contributed by atoms with E-state index in [0.717, 1.165) is 28.8 Å². The molecule has 122 valence electrons. The minimum Gasteiger partial charge on any atom is -0.548 e. The van der Waals surface area contributed by atoms with Crippen LogP contribution in [-0.4, -0.2) is 56.7 Å². The molecule has 1 unspecified atom stereocenters. The highest BCUT2D eigenvalue weighted by atomic mass is 32.2. The SMILES string of the molecule is COc1n[s+]([O-])[nH]c1=NCCSCc1csc(CN(C)C)n1. The third kappa shape index (κ3) is 5.36. The molecular weight excluding hydrogens is 342 g/mol. The number of nitrogens with one attached hydrogen (secondary N) is 1. The number of H-pyrrole nitrogens is 1. The summed E-state index contributed by atoms with van der Waals surface area (Å²) in [5, 5.41) is 3.24. The van der Waals surface area contributed by atoms with E-state index < -0.39 is 11.1 Å². The van der Waals surface area contributed by atoms with Crippen LogP contribution in [0.15, 0.2) is 10.4 Å². The molecule has 0 spiro atoms. The Morgan fingerprint density at radius 2 is 2.36 bits per heavy atom. The largest absolute Gasteiger partial charge is 0.548 e. The Morgan fingerprint density at radius 1 is 1.55 bits per heavy atom. The second-order valence-electron chi connectivity index (χ2n) is 4.71. The molecule has 0 aliphatic heterocycles. The van der Waals surface area contributed by atoms with Crippen LogP contribution in [0.4, 0.5) is 0 Å². The summed E-state index contributed by atoms with van der Waals surface area (Å²) in [6.07, 6.45) is 0. The Morgan fingerprint density at radius 3 is 3.09 bits per heavy atom. The minimum atomic E-state index is -1.46. The number of hydrogen-bond acceptors (Lipinski definition) is 8. The van der Waals surface area contributed by atoms with Crippen LogP contribution < -0.4 is 10.2 Å². The maximum atomic E-state index is 11.2. The summed E-state index contributed by atoms with van der Waals surface area (Å²) >= 11 is 2.01. The van der Waals surface area contributed by atoms with Crippen LogP contribution in [0, 0.1) is 0 Å². The van der Waals surface area contributed by atoms with Crippen molar-refractivity contribution in [3.63, 3.8) is 0 Å². The molecule has 0 aliphatic rings. The van der Waals surface area contributed by atoms with E-state index in [1.807, 2.05) is 14.1 Å². The van der Waals surface area contributed by atoms with Gasteiger partial charge >= 0.3 is 5.88 Å². The van der Waals surface area contributed by atoms with Crippen LogP contribution in [0.2, 0.25) is 0 Å². The van der Waals surface area contributed by atoms with E-state index in [-0.39, 0.29) is 0 Å². The van der Waals surface area contributed by atoms with Gasteiger partial charge in [0.2, 0.25) is 5.49 Å². The number of ether oxygens (including phenoxy) is 1. The number of rotatable bonds is 8. The van der Waals surface area contributed by atoms with Crippen LogP contribution in [0.1, 0.15) is 10.7 Å². The molecule has 0 fully saturated rings. The molecule has 2 aromatic rings. The van der Waals surface area contributed by atoms with Crippen molar-refractivity contribution in [1.29, 1.82) is 0 Å². The summed E-state index contributed by atoms with van der Waals surface area (Å²) in [6.45, 7) is 1.49. The fourth-order valence-electron chi connectivity index (χ4n) is 1.66. The highest BCUT2D eigenvalue weighted by molar-refractivity contribution is 7.98. The van der Waals surface area contributed by atoms with Crippen LogP contribution in [0.25, 0.3) is 0 Å². The summed E-state index contributed by atoms with van der Waals surface area (Å²) in [5.41, 5.74) is 1.57. The predicted octanol–water partition coefficient (Wildman–Crippen LogP) is 1.50. The standard InChI is InChI=1S/C12H19N5O2S3/c1-17(2)6-10-14-9(8-21-10)7-20-5-4-13-11-12(19-3)16-22(18)15-11/h8H,4-7H2,1-3H3,(H,13,15). The zero-order chi connectivity index (χ0) is 15.9. The highest BCUT2D eigenvalue weighted by Crippen LogP contribution is 2.16. The lowest BCUT2D eigenvalue weighted by Crippen LogP contribution is -2.10. The van der Waals surface area contributed by atoms with Gasteiger partial charge in [0.25, 0.3) is 0 Å². The van der Waals surface area contributed by atoms with E-state index in [0.29, 0.717) is 17.9 Å². The second kappa shape index (κ2) is 8.63. The molecular formula is C12H19N5O2S3. The number of aromatic amines is 1. The summed E-state index contributed by atoms with van der Waals surface area (Å²) in [6, 6.07) is 0. The normalized spacial score (nSPS) is 13.1. The summed E-state index contributed by atoms with van der Waals surface area (Å²) in [4.78, 5) is 11.0. The smallest absolute Gasteiger partial charge is 0.316 e. The van der Waals surface area contributed by atoms with Gasteiger partial charge < -0.3 is 14.2 Å². The fraction of sp³-hybridized carbons (Fsp3) is 0.583. The van der Waals surface area contributed by atoms with Gasteiger partial charge in [0.1, 0.15) is 5.01 Å². The predicted molar refractivity (Wildman–Crippen MR) is 89.9 cm³/mol. The van der Waals surface area contributed by atoms with Crippen molar-refractivity contribution in [1.82, 2.24) is 18.6 Å². The van der Waals surface area contributed by atoms with E-state index in [1.165, 1.54) is 7.11 Å². The molecule has 1 atom stereocenters. The first-order chi connectivity index (χ1) is 10.6. The van der Waals surface area contributed by atoms with Gasteiger partial charge in [-0.2, -0.15) is 11.8 Å². The number of thioether (sulfide) groups is 1. The van der Waals surface area contributed by atoms with Gasteiger partial charge in [-0.15, -0.1) is 15.7 Å². The van der Waals surface area contributed by atoms with Crippen molar-refractivity contribution >= 4 is 34.2 Å². The van der Waals surface area contributed by atoms with E-state index >= 15 is 0 Å². The van der Waals surface area contributed by atoms with Crippen LogP contribution in [0.3, 0.4) is 0 Å². The Hall–Kier alpha value is -0.940. The van der Waals surface area contributed by atoms with Gasteiger partial charge in [-0.25, -0.2) is 4.98 Å². The van der Waals surface area contributed by atoms with Crippen LogP contribution in [-0.2, 0) is 12.3 Å². The minimum absolute atomic E-state index is 0.302. The third-order valence-electron chi connectivity index (χ3n) is 2.55. The molecule has 0 aliphatic carbocycles. The van der Waals surface area contributed by atoms with Gasteiger partial charge in [-0.3, -0.25) is 4.99 Å². The maximum absolute atomic E-state index is 11.2. The first-order valence-electron chi connectivity index (χ1n) is 6.60. The number of thiazole rings is 1. The van der Waals surface area contributed by atoms with E-state index in [2.05, 4.69) is 29.0 Å². The lowest BCUT2D eigenvalue weighted by Gasteiger charge is -2.04. The highest BCUT2D eigenvalue weighted by Gasteiger charge is 2.07. The molecule has 0 saturated heterocycles. The van der Waals surface area contributed by atoms with Crippen LogP contribution >= 0.6 is 34.2 Å². The number of aromatic nitrogens is 3. The monoisotopic (exact) mass is 361 g/mol. The zero-order valence-electron chi connectivity index (χ0n) is 12.7. The average Bonchev–Trinajstić information content (AvgIpc) is 3.04. The molecule has 1 N–H and O–H groups in total. The molecule has 0 amide bonds. The van der Waals surface area contributed by atoms with Gasteiger partial charge in [0.15, 0.2) is 11.1 Å². The zero-order valence-corrected chi connectivity index (χ0v) is 15.2. The summed E-state index contributed by atoms with van der Waals surface area (Å²) in [5.74, 6) is 2.03. The average molecular weight is 362 g/mol. The molecule has 2 heterocycles. The quantitative estimate of drug-likeness (QED) is 0.566. The summed E-state index contributed by atoms with van der Waals surface area (Å²) < 4.78 is 22.6. The maximum Gasteiger partial charge on any atom is 0.316 e. The van der Waals surface area contributed by atoms with E-state index in [4.69, 9.17) is 4.74 Å². The number of hydrogen-bond donors (Lipinski definition) is 1. The van der Waals surface area contributed by atoms with Crippen molar-refractivity contribution in [2.24, 2.45) is 4.99 Å². The van der Waals surface area contributed by atoms with Crippen molar-refractivity contribution in [2.75, 3.05) is 33.5 Å². The lowest BCUT2D eigenvalue weighted by molar-refractivity contribution is 0.395. The molecule has 0 radical (unpaired) electrons. The Labute approximate surface area is 140 Å². The Kier molecular flexibility index (Phi) is 6.83. The second-order valence-corrected chi connectivity index (χ2v) is 7.64. The first kappa shape index (κ1) is 17.4. The van der Waals surface area contributed by atoms with Crippen molar-refractivity contribution in [3.8, 4) is 5.88 Å². The fourth-order valence-corrected chi connectivity index (χ4v) is 4.07. The summed E-state index contributed by atoms with van der Waals surface area (Å²) in [7, 11) is 5.56. The van der Waals surface area contributed by atoms with Gasteiger partial charge in [-0.1, -0.05) is 0 Å². The molecule has 22 heavy (non-hydrogen) atoms. The molecule has 7 nitrogen and oxygen atoms in total. The van der Waals surface area contributed by atoms with Crippen molar-refractivity contribution in [2.45, 2.75) is 12.3 Å². The molecule has 2 rings (SSSR count). The van der Waals surface area contributed by atoms with Crippen LogP contribution in [0.5, 0.6) is 5.88 Å². The van der Waals surface area contributed by atoms with Gasteiger partial charge in [0, 0.05) is 27.8 Å². The van der Waals surface area contributed by atoms with Gasteiger partial charge in [0.05, 0.1) is 19.3 Å². The number of methoxy groups -OCH3 is 1. The molecule has 0 bridgehead atoms. The van der Waals surface area contributed by atoms with E-state index in [1.54, 1.807) is 23.1 Å². The molecule has 10 heteroatoms. The molecule has 2 aromatic heterocycles. The van der Waals surface area contributed by atoms with Gasteiger partial charge in [-0.05, 0) is 14.1 Å². The first-order valence-corrected chi connectivity index (χ1v) is 9.74. The number of nitrogens with zero attached hydrogens (tertiary/aromatic N) is 4.